The molecule has 0 fully saturated rings. The second-order valence-electron chi connectivity index (χ2n) is 2.61. The molecule has 0 radical (unpaired) electrons. The summed E-state index contributed by atoms with van der Waals surface area (Å²) in [6.07, 6.45) is 1.21. The van der Waals surface area contributed by atoms with E-state index in [1.807, 2.05) is 0 Å². The zero-order valence-electron chi connectivity index (χ0n) is 7.56. The summed E-state index contributed by atoms with van der Waals surface area (Å²) in [4.78, 5) is 3.51. The van der Waals surface area contributed by atoms with Crippen molar-refractivity contribution in [3.05, 3.63) is 24.4 Å². The highest BCUT2D eigenvalue weighted by atomic mass is 32.2. The van der Waals surface area contributed by atoms with Crippen LogP contribution < -0.4 is 4.31 Å². The topological polar surface area (TPSA) is 50.3 Å². The van der Waals surface area contributed by atoms with Gasteiger partial charge in [0.25, 0.3) is 0 Å². The van der Waals surface area contributed by atoms with E-state index >= 15 is 0 Å². The Balaban J connectivity index is 3.12. The molecule has 1 aromatic heterocycles. The van der Waals surface area contributed by atoms with Crippen LogP contribution in [0.15, 0.2) is 24.4 Å². The Labute approximate surface area is 84.4 Å². The van der Waals surface area contributed by atoms with E-state index in [0.29, 0.717) is 0 Å². The van der Waals surface area contributed by atoms with Crippen LogP contribution in [0.3, 0.4) is 0 Å². The maximum atomic E-state index is 12.1. The van der Waals surface area contributed by atoms with E-state index in [-0.39, 0.29) is 10.1 Å². The van der Waals surface area contributed by atoms with E-state index in [2.05, 4.69) is 4.98 Å². The summed E-state index contributed by atoms with van der Waals surface area (Å²) in [5.74, 6) is -0.283. The lowest BCUT2D eigenvalue weighted by Crippen LogP contribution is -2.38. The van der Waals surface area contributed by atoms with Crippen molar-refractivity contribution in [3.63, 3.8) is 0 Å². The first-order valence-electron chi connectivity index (χ1n) is 3.73. The van der Waals surface area contributed by atoms with Crippen molar-refractivity contribution in [3.8, 4) is 0 Å². The number of aromatic nitrogens is 1. The number of rotatable bonds is 2. The molecule has 0 aliphatic carbocycles. The van der Waals surface area contributed by atoms with Gasteiger partial charge in [0.15, 0.2) is 0 Å². The minimum absolute atomic E-state index is 0.0903. The van der Waals surface area contributed by atoms with Crippen LogP contribution in [-0.2, 0) is 10.0 Å². The number of pyridine rings is 1. The zero-order chi connectivity index (χ0) is 11.7. The first-order chi connectivity index (χ1) is 6.77. The molecule has 4 nitrogen and oxygen atoms in total. The van der Waals surface area contributed by atoms with Crippen LogP contribution >= 0.6 is 0 Å². The van der Waals surface area contributed by atoms with Crippen molar-refractivity contribution >= 4 is 15.8 Å². The fourth-order valence-corrected chi connectivity index (χ4v) is 1.48. The van der Waals surface area contributed by atoms with Gasteiger partial charge in [0.05, 0.1) is 0 Å². The van der Waals surface area contributed by atoms with Gasteiger partial charge in [-0.3, -0.25) is 0 Å². The quantitative estimate of drug-likeness (QED) is 0.784. The van der Waals surface area contributed by atoms with Gasteiger partial charge < -0.3 is 0 Å². The van der Waals surface area contributed by atoms with Gasteiger partial charge in [-0.15, -0.1) is 0 Å². The Morgan fingerprint density at radius 1 is 1.33 bits per heavy atom. The second-order valence-corrected chi connectivity index (χ2v) is 4.57. The van der Waals surface area contributed by atoms with Gasteiger partial charge in [0.2, 0.25) is 0 Å². The highest BCUT2D eigenvalue weighted by molar-refractivity contribution is 7.93. The molecule has 1 heterocycles. The molecule has 0 aliphatic heterocycles. The number of alkyl halides is 3. The van der Waals surface area contributed by atoms with E-state index < -0.39 is 15.5 Å². The first-order valence-corrected chi connectivity index (χ1v) is 5.17. The summed E-state index contributed by atoms with van der Waals surface area (Å²) in [6, 6.07) is 4.03. The fraction of sp³-hybridized carbons (Fsp3) is 0.286. The van der Waals surface area contributed by atoms with Gasteiger partial charge in [-0.2, -0.15) is 21.6 Å². The van der Waals surface area contributed by atoms with Crippen LogP contribution in [0.4, 0.5) is 19.0 Å². The van der Waals surface area contributed by atoms with E-state index in [0.717, 1.165) is 7.05 Å². The van der Waals surface area contributed by atoms with Crippen LogP contribution in [0.2, 0.25) is 0 Å². The lowest BCUT2D eigenvalue weighted by molar-refractivity contribution is -0.0437. The molecule has 0 amide bonds. The number of anilines is 1. The smallest absolute Gasteiger partial charge is 0.249 e. The number of halogens is 3. The molecule has 0 N–H and O–H groups in total. The SMILES string of the molecule is CN(c1ccccn1)S(=O)(=O)C(F)(F)F. The highest BCUT2D eigenvalue weighted by Crippen LogP contribution is 2.28. The predicted molar refractivity (Wildman–Crippen MR) is 47.6 cm³/mol. The Kier molecular flexibility index (Phi) is 2.89. The Morgan fingerprint density at radius 2 is 1.93 bits per heavy atom. The normalized spacial score (nSPS) is 12.5. The minimum Gasteiger partial charge on any atom is -0.249 e. The van der Waals surface area contributed by atoms with Crippen molar-refractivity contribution in [2.24, 2.45) is 0 Å². The number of hydrogen-bond acceptors (Lipinski definition) is 3. The molecule has 0 bridgehead atoms. The van der Waals surface area contributed by atoms with Gasteiger partial charge in [-0.1, -0.05) is 6.07 Å². The standard InChI is InChI=1S/C7H7F3N2O2S/c1-12(6-4-2-3-5-11-6)15(13,14)7(8,9)10/h2-5H,1H3. The van der Waals surface area contributed by atoms with Gasteiger partial charge in [-0.25, -0.2) is 9.29 Å². The highest BCUT2D eigenvalue weighted by Gasteiger charge is 2.49. The number of nitrogens with zero attached hydrogens (tertiary/aromatic N) is 2. The summed E-state index contributed by atoms with van der Waals surface area (Å²) in [5, 5.41) is 0. The maximum Gasteiger partial charge on any atom is 0.516 e. The van der Waals surface area contributed by atoms with Crippen molar-refractivity contribution in [1.82, 2.24) is 4.98 Å². The third-order valence-electron chi connectivity index (χ3n) is 1.62. The lowest BCUT2D eigenvalue weighted by Gasteiger charge is -2.19. The van der Waals surface area contributed by atoms with Gasteiger partial charge in [0.1, 0.15) is 5.82 Å². The van der Waals surface area contributed by atoms with Crippen molar-refractivity contribution < 1.29 is 21.6 Å². The summed E-state index contributed by atoms with van der Waals surface area (Å²) < 4.78 is 58.3. The summed E-state index contributed by atoms with van der Waals surface area (Å²) in [6.45, 7) is 0. The molecule has 8 heteroatoms. The molecule has 0 aliphatic rings. The first kappa shape index (κ1) is 11.8. The molecule has 0 saturated carbocycles. The summed E-state index contributed by atoms with van der Waals surface area (Å²) in [7, 11) is -4.56. The fourth-order valence-electron chi connectivity index (χ4n) is 0.818. The third-order valence-corrected chi connectivity index (χ3v) is 3.12. The van der Waals surface area contributed by atoms with E-state index in [1.165, 1.54) is 24.4 Å². The van der Waals surface area contributed by atoms with Crippen LogP contribution in [0, 0.1) is 0 Å². The number of sulfonamides is 1. The molecule has 1 aromatic rings. The minimum atomic E-state index is -5.36. The zero-order valence-corrected chi connectivity index (χ0v) is 8.38. The van der Waals surface area contributed by atoms with Crippen LogP contribution in [-0.4, -0.2) is 26.0 Å². The second kappa shape index (κ2) is 3.69. The number of hydrogen-bond donors (Lipinski definition) is 0. The van der Waals surface area contributed by atoms with Crippen LogP contribution in [0.5, 0.6) is 0 Å². The molecule has 84 valence electrons. The predicted octanol–water partition coefficient (Wildman–Crippen LogP) is 1.37. The van der Waals surface area contributed by atoms with Crippen LogP contribution in [0.1, 0.15) is 0 Å². The molecule has 15 heavy (non-hydrogen) atoms. The monoisotopic (exact) mass is 240 g/mol. The van der Waals surface area contributed by atoms with E-state index in [1.54, 1.807) is 0 Å². The molecule has 0 atom stereocenters. The molecule has 0 unspecified atom stereocenters. The lowest BCUT2D eigenvalue weighted by atomic mass is 10.5. The van der Waals surface area contributed by atoms with Gasteiger partial charge >= 0.3 is 15.5 Å². The average molecular weight is 240 g/mol. The van der Waals surface area contributed by atoms with Gasteiger partial charge in [-0.05, 0) is 12.1 Å². The molecule has 0 saturated heterocycles. The third kappa shape index (κ3) is 2.20. The van der Waals surface area contributed by atoms with Crippen LogP contribution in [0.25, 0.3) is 0 Å². The Bertz CT molecular complexity index is 429. The van der Waals surface area contributed by atoms with E-state index in [4.69, 9.17) is 0 Å². The van der Waals surface area contributed by atoms with Crippen molar-refractivity contribution in [2.45, 2.75) is 5.51 Å². The van der Waals surface area contributed by atoms with Gasteiger partial charge in [0, 0.05) is 13.2 Å². The molecular weight excluding hydrogens is 233 g/mol. The van der Waals surface area contributed by atoms with Crippen molar-refractivity contribution in [1.29, 1.82) is 0 Å². The average Bonchev–Trinajstić information content (AvgIpc) is 2.16. The Hall–Kier alpha value is -1.31. The summed E-state index contributed by atoms with van der Waals surface area (Å²) >= 11 is 0. The largest absolute Gasteiger partial charge is 0.516 e. The maximum absolute atomic E-state index is 12.1. The van der Waals surface area contributed by atoms with E-state index in [9.17, 15) is 21.6 Å². The molecule has 0 spiro atoms. The summed E-state index contributed by atoms with van der Waals surface area (Å²) in [5.41, 5.74) is -5.32. The molecule has 0 aromatic carbocycles. The molecular formula is C7H7F3N2O2S. The molecule has 1 rings (SSSR count). The van der Waals surface area contributed by atoms with Crippen molar-refractivity contribution in [2.75, 3.05) is 11.4 Å². The Morgan fingerprint density at radius 3 is 2.33 bits per heavy atom.